The third-order valence-electron chi connectivity index (χ3n) is 5.66. The van der Waals surface area contributed by atoms with Gasteiger partial charge in [0.15, 0.2) is 0 Å². The predicted molar refractivity (Wildman–Crippen MR) is 87.9 cm³/mol. The molecule has 21 heavy (non-hydrogen) atoms. The maximum atomic E-state index is 5.32. The minimum atomic E-state index is 0.723. The molecule has 2 aliphatic rings. The summed E-state index contributed by atoms with van der Waals surface area (Å²) in [5.74, 6) is 3.54. The summed E-state index contributed by atoms with van der Waals surface area (Å²) >= 11 is 0. The van der Waals surface area contributed by atoms with Crippen LogP contribution in [0.5, 0.6) is 5.75 Å². The molecular weight excluding hydrogens is 258 g/mol. The van der Waals surface area contributed by atoms with Crippen LogP contribution in [-0.4, -0.2) is 19.7 Å². The first kappa shape index (κ1) is 14.9. The van der Waals surface area contributed by atoms with E-state index in [-0.39, 0.29) is 0 Å². The molecule has 0 aromatic heterocycles. The Labute approximate surface area is 129 Å². The van der Waals surface area contributed by atoms with Crippen molar-refractivity contribution in [2.24, 2.45) is 11.8 Å². The van der Waals surface area contributed by atoms with E-state index in [0.29, 0.717) is 0 Å². The van der Waals surface area contributed by atoms with Crippen molar-refractivity contribution in [2.45, 2.75) is 57.4 Å². The highest BCUT2D eigenvalue weighted by atomic mass is 16.5. The molecule has 116 valence electrons. The summed E-state index contributed by atoms with van der Waals surface area (Å²) in [5, 5.41) is 3.82. The van der Waals surface area contributed by atoms with E-state index in [9.17, 15) is 0 Å². The number of nitrogens with one attached hydrogen (secondary N) is 1. The van der Waals surface area contributed by atoms with Gasteiger partial charge in [-0.2, -0.15) is 0 Å². The van der Waals surface area contributed by atoms with Crippen molar-refractivity contribution in [3.8, 4) is 5.75 Å². The average Bonchev–Trinajstić information content (AvgIpc) is 2.47. The van der Waals surface area contributed by atoms with Crippen molar-refractivity contribution in [3.05, 3.63) is 29.8 Å². The Bertz CT molecular complexity index is 453. The maximum absolute atomic E-state index is 5.32. The first-order valence-electron chi connectivity index (χ1n) is 8.63. The van der Waals surface area contributed by atoms with Crippen molar-refractivity contribution in [2.75, 3.05) is 13.7 Å². The topological polar surface area (TPSA) is 21.3 Å². The highest BCUT2D eigenvalue weighted by Gasteiger charge is 2.31. The fourth-order valence-electron chi connectivity index (χ4n) is 3.97. The van der Waals surface area contributed by atoms with Gasteiger partial charge in [-0.15, -0.1) is 0 Å². The van der Waals surface area contributed by atoms with Crippen molar-refractivity contribution in [1.29, 1.82) is 0 Å². The molecule has 0 aliphatic heterocycles. The lowest BCUT2D eigenvalue weighted by Crippen LogP contribution is -2.43. The number of rotatable bonds is 5. The van der Waals surface area contributed by atoms with Crippen LogP contribution in [0.15, 0.2) is 24.3 Å². The number of ether oxygens (including phenoxy) is 1. The Morgan fingerprint density at radius 2 is 2.00 bits per heavy atom. The number of hydrogen-bond acceptors (Lipinski definition) is 2. The van der Waals surface area contributed by atoms with Crippen LogP contribution in [0.2, 0.25) is 0 Å². The van der Waals surface area contributed by atoms with Gasteiger partial charge in [0, 0.05) is 6.04 Å². The van der Waals surface area contributed by atoms with Gasteiger partial charge in [-0.05, 0) is 61.3 Å². The molecule has 0 heterocycles. The van der Waals surface area contributed by atoms with Crippen LogP contribution in [0.1, 0.15) is 56.9 Å². The molecule has 2 aliphatic carbocycles. The van der Waals surface area contributed by atoms with E-state index in [4.69, 9.17) is 4.74 Å². The van der Waals surface area contributed by atoms with Crippen LogP contribution in [0.3, 0.4) is 0 Å². The second kappa shape index (κ2) is 6.83. The summed E-state index contributed by atoms with van der Waals surface area (Å²) in [5.41, 5.74) is 1.44. The van der Waals surface area contributed by atoms with Crippen molar-refractivity contribution in [1.82, 2.24) is 5.32 Å². The fraction of sp³-hybridized carbons (Fsp3) is 0.684. The number of hydrogen-bond donors (Lipinski definition) is 1. The van der Waals surface area contributed by atoms with Crippen LogP contribution in [0, 0.1) is 11.8 Å². The number of methoxy groups -OCH3 is 1. The molecule has 2 fully saturated rings. The van der Waals surface area contributed by atoms with E-state index >= 15 is 0 Å². The lowest BCUT2D eigenvalue weighted by Gasteiger charge is -2.38. The van der Waals surface area contributed by atoms with Crippen molar-refractivity contribution < 1.29 is 4.74 Å². The fourth-order valence-corrected chi connectivity index (χ4v) is 3.97. The van der Waals surface area contributed by atoms with E-state index < -0.39 is 0 Å². The molecule has 0 radical (unpaired) electrons. The smallest absolute Gasteiger partial charge is 0.119 e. The largest absolute Gasteiger partial charge is 0.497 e. The Kier molecular flexibility index (Phi) is 4.84. The zero-order chi connectivity index (χ0) is 14.7. The van der Waals surface area contributed by atoms with Crippen molar-refractivity contribution in [3.63, 3.8) is 0 Å². The Morgan fingerprint density at radius 1 is 1.19 bits per heavy atom. The lowest BCUT2D eigenvalue weighted by molar-refractivity contribution is 0.213. The molecule has 1 N–H and O–H groups in total. The van der Waals surface area contributed by atoms with E-state index in [2.05, 4.69) is 30.4 Å². The summed E-state index contributed by atoms with van der Waals surface area (Å²) < 4.78 is 5.32. The Morgan fingerprint density at radius 3 is 2.76 bits per heavy atom. The van der Waals surface area contributed by atoms with Gasteiger partial charge in [-0.1, -0.05) is 38.3 Å². The molecule has 0 saturated heterocycles. The molecule has 2 atom stereocenters. The van der Waals surface area contributed by atoms with Crippen molar-refractivity contribution >= 4 is 0 Å². The van der Waals surface area contributed by atoms with E-state index in [1.54, 1.807) is 7.11 Å². The van der Waals surface area contributed by atoms with E-state index in [1.165, 1.54) is 50.6 Å². The molecule has 2 saturated carbocycles. The van der Waals surface area contributed by atoms with Gasteiger partial charge in [-0.25, -0.2) is 0 Å². The first-order chi connectivity index (χ1) is 10.3. The molecule has 1 aromatic carbocycles. The van der Waals surface area contributed by atoms with Crippen LogP contribution in [0.4, 0.5) is 0 Å². The van der Waals surface area contributed by atoms with Gasteiger partial charge in [0.25, 0.3) is 0 Å². The minimum Gasteiger partial charge on any atom is -0.497 e. The minimum absolute atomic E-state index is 0.723. The second-order valence-corrected chi connectivity index (χ2v) is 7.07. The summed E-state index contributed by atoms with van der Waals surface area (Å²) in [6.07, 6.45) is 8.32. The maximum Gasteiger partial charge on any atom is 0.119 e. The molecule has 2 nitrogen and oxygen atoms in total. The zero-order valence-corrected chi connectivity index (χ0v) is 13.5. The van der Waals surface area contributed by atoms with Gasteiger partial charge in [0.05, 0.1) is 7.11 Å². The summed E-state index contributed by atoms with van der Waals surface area (Å²) in [6, 6.07) is 9.31. The molecule has 1 aromatic rings. The molecule has 0 amide bonds. The normalized spacial score (nSPS) is 32.5. The van der Waals surface area contributed by atoms with Gasteiger partial charge in [0.2, 0.25) is 0 Å². The van der Waals surface area contributed by atoms with Crippen LogP contribution < -0.4 is 10.1 Å². The van der Waals surface area contributed by atoms with Crippen LogP contribution in [-0.2, 0) is 0 Å². The molecular formula is C19H29NO. The molecule has 0 bridgehead atoms. The van der Waals surface area contributed by atoms with E-state index in [1.807, 2.05) is 6.07 Å². The SMILES string of the molecule is COc1cccc(C2CC(NCC3CCCCC3C)C2)c1. The highest BCUT2D eigenvalue weighted by Crippen LogP contribution is 2.38. The summed E-state index contributed by atoms with van der Waals surface area (Å²) in [4.78, 5) is 0. The summed E-state index contributed by atoms with van der Waals surface area (Å²) in [7, 11) is 1.75. The summed E-state index contributed by atoms with van der Waals surface area (Å²) in [6.45, 7) is 3.67. The van der Waals surface area contributed by atoms with E-state index in [0.717, 1.165) is 29.5 Å². The zero-order valence-electron chi connectivity index (χ0n) is 13.5. The molecule has 0 spiro atoms. The van der Waals surface area contributed by atoms with Gasteiger partial charge in [0.1, 0.15) is 5.75 Å². The predicted octanol–water partition coefficient (Wildman–Crippen LogP) is 4.36. The van der Waals surface area contributed by atoms with Crippen LogP contribution in [0.25, 0.3) is 0 Å². The standard InChI is InChI=1S/C19H29NO/c1-14-6-3-4-7-16(14)13-20-18-10-17(11-18)15-8-5-9-19(12-15)21-2/h5,8-9,12,14,16-18,20H,3-4,6-7,10-11,13H2,1-2H3. The average molecular weight is 287 g/mol. The second-order valence-electron chi connectivity index (χ2n) is 7.07. The highest BCUT2D eigenvalue weighted by molar-refractivity contribution is 5.32. The molecule has 2 unspecified atom stereocenters. The van der Waals surface area contributed by atoms with Crippen LogP contribution >= 0.6 is 0 Å². The third-order valence-corrected chi connectivity index (χ3v) is 5.66. The lowest BCUT2D eigenvalue weighted by atomic mass is 9.75. The monoisotopic (exact) mass is 287 g/mol. The Hall–Kier alpha value is -1.02. The third kappa shape index (κ3) is 3.60. The van der Waals surface area contributed by atoms with Gasteiger partial charge >= 0.3 is 0 Å². The molecule has 3 rings (SSSR count). The van der Waals surface area contributed by atoms with Gasteiger partial charge in [-0.3, -0.25) is 0 Å². The number of benzene rings is 1. The Balaban J connectivity index is 1.43. The quantitative estimate of drug-likeness (QED) is 0.869. The van der Waals surface area contributed by atoms with Gasteiger partial charge < -0.3 is 10.1 Å². The first-order valence-corrected chi connectivity index (χ1v) is 8.63. The molecule has 2 heteroatoms.